The molecule has 0 radical (unpaired) electrons. The molecule has 0 unspecified atom stereocenters. The Hall–Kier alpha value is -2.79. The second kappa shape index (κ2) is 8.07. The van der Waals surface area contributed by atoms with E-state index in [1.54, 1.807) is 0 Å². The molecule has 0 atom stereocenters. The molecule has 140 valence electrons. The number of nitrogens with one attached hydrogen (secondary N) is 1. The van der Waals surface area contributed by atoms with Crippen LogP contribution in [0.5, 0.6) is 0 Å². The molecule has 0 aliphatic rings. The molecule has 0 amide bonds. The summed E-state index contributed by atoms with van der Waals surface area (Å²) >= 11 is 4.69. The molecule has 4 rings (SSSR count). The SMILES string of the molecule is NC(N)c1cccc(-c2ccc3ccc(S)c(NCc4ccccc4)c3c2)c1. The van der Waals surface area contributed by atoms with Crippen LogP contribution in [0.3, 0.4) is 0 Å². The zero-order chi connectivity index (χ0) is 19.5. The Morgan fingerprint density at radius 3 is 2.32 bits per heavy atom. The summed E-state index contributed by atoms with van der Waals surface area (Å²) in [5, 5.41) is 5.88. The van der Waals surface area contributed by atoms with Gasteiger partial charge in [-0.2, -0.15) is 0 Å². The molecule has 0 heterocycles. The van der Waals surface area contributed by atoms with E-state index in [1.165, 1.54) is 10.9 Å². The highest BCUT2D eigenvalue weighted by Crippen LogP contribution is 2.34. The highest BCUT2D eigenvalue weighted by Gasteiger charge is 2.09. The topological polar surface area (TPSA) is 64.1 Å². The van der Waals surface area contributed by atoms with Crippen LogP contribution in [-0.4, -0.2) is 0 Å². The Morgan fingerprint density at radius 2 is 1.54 bits per heavy atom. The van der Waals surface area contributed by atoms with Gasteiger partial charge < -0.3 is 16.8 Å². The molecule has 0 saturated heterocycles. The van der Waals surface area contributed by atoms with Crippen LogP contribution in [0.25, 0.3) is 21.9 Å². The number of hydrogen-bond acceptors (Lipinski definition) is 4. The van der Waals surface area contributed by atoms with Crippen molar-refractivity contribution < 1.29 is 0 Å². The molecule has 0 fully saturated rings. The third-order valence-electron chi connectivity index (χ3n) is 4.92. The van der Waals surface area contributed by atoms with Crippen LogP contribution in [0, 0.1) is 0 Å². The minimum atomic E-state index is -0.479. The number of rotatable bonds is 5. The summed E-state index contributed by atoms with van der Waals surface area (Å²) in [6.45, 7) is 0.745. The van der Waals surface area contributed by atoms with Crippen LogP contribution in [0.15, 0.2) is 89.8 Å². The van der Waals surface area contributed by atoms with Crippen LogP contribution < -0.4 is 16.8 Å². The van der Waals surface area contributed by atoms with E-state index < -0.39 is 6.17 Å². The fraction of sp³-hybridized carbons (Fsp3) is 0.0833. The Labute approximate surface area is 170 Å². The predicted octanol–water partition coefficient (Wildman–Crippen LogP) is 5.32. The molecule has 0 aliphatic carbocycles. The van der Waals surface area contributed by atoms with Crippen molar-refractivity contribution in [2.45, 2.75) is 17.6 Å². The summed E-state index contributed by atoms with van der Waals surface area (Å²) in [6.07, 6.45) is -0.479. The molecule has 3 nitrogen and oxygen atoms in total. The van der Waals surface area contributed by atoms with Crippen molar-refractivity contribution in [1.82, 2.24) is 0 Å². The average molecular weight is 386 g/mol. The van der Waals surface area contributed by atoms with E-state index in [2.05, 4.69) is 72.5 Å². The first-order valence-electron chi connectivity index (χ1n) is 9.27. The quantitative estimate of drug-likeness (QED) is 0.278. The number of nitrogens with two attached hydrogens (primary N) is 2. The zero-order valence-corrected chi connectivity index (χ0v) is 16.4. The summed E-state index contributed by atoms with van der Waals surface area (Å²) in [7, 11) is 0. The van der Waals surface area contributed by atoms with Gasteiger partial charge in [0.15, 0.2) is 0 Å². The smallest absolute Gasteiger partial charge is 0.0784 e. The van der Waals surface area contributed by atoms with Gasteiger partial charge in [-0.25, -0.2) is 0 Å². The van der Waals surface area contributed by atoms with Gasteiger partial charge in [-0.3, -0.25) is 0 Å². The maximum Gasteiger partial charge on any atom is 0.0784 e. The summed E-state index contributed by atoms with van der Waals surface area (Å²) < 4.78 is 0. The van der Waals surface area contributed by atoms with Crippen LogP contribution in [0.2, 0.25) is 0 Å². The summed E-state index contributed by atoms with van der Waals surface area (Å²) in [5.74, 6) is 0. The summed E-state index contributed by atoms with van der Waals surface area (Å²) in [6, 6.07) is 29.0. The molecule has 4 aromatic carbocycles. The molecule has 0 spiro atoms. The predicted molar refractivity (Wildman–Crippen MR) is 122 cm³/mol. The molecule has 4 heteroatoms. The van der Waals surface area contributed by atoms with E-state index in [9.17, 15) is 0 Å². The minimum Gasteiger partial charge on any atom is -0.380 e. The van der Waals surface area contributed by atoms with E-state index >= 15 is 0 Å². The highest BCUT2D eigenvalue weighted by molar-refractivity contribution is 7.80. The Balaban J connectivity index is 1.74. The molecular formula is C24H23N3S. The fourth-order valence-corrected chi connectivity index (χ4v) is 3.66. The van der Waals surface area contributed by atoms with Crippen molar-refractivity contribution in [3.63, 3.8) is 0 Å². The standard InChI is InChI=1S/C24H23N3S/c25-24(26)20-8-4-7-18(13-20)19-10-9-17-11-12-22(28)23(21(17)14-19)27-15-16-5-2-1-3-6-16/h1-14,24,27-28H,15,25-26H2. The van der Waals surface area contributed by atoms with E-state index in [4.69, 9.17) is 11.5 Å². The number of thiol groups is 1. The van der Waals surface area contributed by atoms with Gasteiger partial charge >= 0.3 is 0 Å². The number of hydrogen-bond donors (Lipinski definition) is 4. The fourth-order valence-electron chi connectivity index (χ4n) is 3.39. The molecule has 0 aliphatic heterocycles. The van der Waals surface area contributed by atoms with Gasteiger partial charge in [0.25, 0.3) is 0 Å². The van der Waals surface area contributed by atoms with E-state index in [0.29, 0.717) is 0 Å². The van der Waals surface area contributed by atoms with Gasteiger partial charge in [0.05, 0.1) is 11.9 Å². The number of fused-ring (bicyclic) bond motifs is 1. The van der Waals surface area contributed by atoms with Crippen molar-refractivity contribution in [2.75, 3.05) is 5.32 Å². The van der Waals surface area contributed by atoms with E-state index in [0.717, 1.165) is 39.2 Å². The third kappa shape index (κ3) is 3.90. The maximum absolute atomic E-state index is 5.85. The number of benzene rings is 4. The van der Waals surface area contributed by atoms with Crippen molar-refractivity contribution in [1.29, 1.82) is 0 Å². The highest BCUT2D eigenvalue weighted by atomic mass is 32.1. The van der Waals surface area contributed by atoms with Crippen LogP contribution >= 0.6 is 12.6 Å². The molecule has 5 N–H and O–H groups in total. The molecule has 0 aromatic heterocycles. The van der Waals surface area contributed by atoms with Crippen molar-refractivity contribution >= 4 is 29.1 Å². The lowest BCUT2D eigenvalue weighted by molar-refractivity contribution is 0.774. The second-order valence-electron chi connectivity index (χ2n) is 6.89. The molecule has 0 saturated carbocycles. The Kier molecular flexibility index (Phi) is 5.35. The molecule has 0 bridgehead atoms. The van der Waals surface area contributed by atoms with E-state index in [1.807, 2.05) is 30.3 Å². The molecular weight excluding hydrogens is 362 g/mol. The lowest BCUT2D eigenvalue weighted by Gasteiger charge is -2.14. The summed E-state index contributed by atoms with van der Waals surface area (Å²) in [5.41, 5.74) is 17.1. The van der Waals surface area contributed by atoms with E-state index in [-0.39, 0.29) is 0 Å². The first kappa shape index (κ1) is 18.6. The van der Waals surface area contributed by atoms with Gasteiger partial charge in [0.2, 0.25) is 0 Å². The van der Waals surface area contributed by atoms with Gasteiger partial charge in [0.1, 0.15) is 0 Å². The first-order chi connectivity index (χ1) is 13.6. The monoisotopic (exact) mass is 385 g/mol. The second-order valence-corrected chi connectivity index (χ2v) is 7.37. The largest absolute Gasteiger partial charge is 0.380 e. The van der Waals surface area contributed by atoms with Gasteiger partial charge in [0, 0.05) is 16.8 Å². The van der Waals surface area contributed by atoms with Crippen LogP contribution in [0.4, 0.5) is 5.69 Å². The van der Waals surface area contributed by atoms with Crippen molar-refractivity contribution in [3.8, 4) is 11.1 Å². The maximum atomic E-state index is 5.85. The molecule has 4 aromatic rings. The Morgan fingerprint density at radius 1 is 0.786 bits per heavy atom. The van der Waals surface area contributed by atoms with Crippen LogP contribution in [0.1, 0.15) is 17.3 Å². The average Bonchev–Trinajstić information content (AvgIpc) is 2.73. The first-order valence-corrected chi connectivity index (χ1v) is 9.71. The van der Waals surface area contributed by atoms with Gasteiger partial charge in [-0.05, 0) is 45.8 Å². The summed E-state index contributed by atoms with van der Waals surface area (Å²) in [4.78, 5) is 0.929. The lowest BCUT2D eigenvalue weighted by Crippen LogP contribution is -2.19. The lowest BCUT2D eigenvalue weighted by atomic mass is 9.98. The molecule has 28 heavy (non-hydrogen) atoms. The normalized spacial score (nSPS) is 11.1. The number of anilines is 1. The van der Waals surface area contributed by atoms with Gasteiger partial charge in [-0.15, -0.1) is 12.6 Å². The van der Waals surface area contributed by atoms with Gasteiger partial charge in [-0.1, -0.05) is 66.7 Å². The third-order valence-corrected chi connectivity index (χ3v) is 5.29. The van der Waals surface area contributed by atoms with Crippen molar-refractivity contribution in [3.05, 3.63) is 96.1 Å². The van der Waals surface area contributed by atoms with Crippen LogP contribution in [-0.2, 0) is 6.54 Å². The Bertz CT molecular complexity index is 1110. The minimum absolute atomic E-state index is 0.479. The van der Waals surface area contributed by atoms with Crippen molar-refractivity contribution in [2.24, 2.45) is 11.5 Å². The zero-order valence-electron chi connectivity index (χ0n) is 15.5.